The zero-order valence-electron chi connectivity index (χ0n) is 12.6. The summed E-state index contributed by atoms with van der Waals surface area (Å²) in [5, 5.41) is 2.70. The maximum absolute atomic E-state index is 12.0. The van der Waals surface area contributed by atoms with Crippen LogP contribution in [-0.4, -0.2) is 36.7 Å². The van der Waals surface area contributed by atoms with Crippen LogP contribution in [0.3, 0.4) is 0 Å². The van der Waals surface area contributed by atoms with Gasteiger partial charge < -0.3 is 19.5 Å². The van der Waals surface area contributed by atoms with Crippen LogP contribution in [0.5, 0.6) is 17.5 Å². The number of aromatic nitrogens is 2. The molecule has 0 aliphatic heterocycles. The lowest BCUT2D eigenvalue weighted by Gasteiger charge is -2.11. The lowest BCUT2D eigenvalue weighted by molar-refractivity contribution is -0.118. The SMILES string of the molecule is COc1ccc(OC)c(NC(=O)COc2nccc(C)n2)c1. The highest BCUT2D eigenvalue weighted by Gasteiger charge is 2.10. The van der Waals surface area contributed by atoms with Crippen molar-refractivity contribution in [2.24, 2.45) is 0 Å². The fourth-order valence-electron chi connectivity index (χ4n) is 1.72. The molecule has 7 heteroatoms. The second kappa shape index (κ2) is 7.26. The van der Waals surface area contributed by atoms with E-state index in [4.69, 9.17) is 14.2 Å². The maximum atomic E-state index is 12.0. The first-order valence-corrected chi connectivity index (χ1v) is 6.56. The molecule has 0 bridgehead atoms. The minimum atomic E-state index is -0.350. The molecule has 0 aliphatic carbocycles. The number of rotatable bonds is 6. The normalized spacial score (nSPS) is 9.95. The molecule has 0 atom stereocenters. The van der Waals surface area contributed by atoms with E-state index in [1.54, 1.807) is 37.6 Å². The topological polar surface area (TPSA) is 82.6 Å². The second-order valence-corrected chi connectivity index (χ2v) is 4.38. The van der Waals surface area contributed by atoms with Gasteiger partial charge in [-0.15, -0.1) is 0 Å². The molecule has 116 valence electrons. The predicted molar refractivity (Wildman–Crippen MR) is 80.4 cm³/mol. The zero-order chi connectivity index (χ0) is 15.9. The molecule has 1 heterocycles. The Labute approximate surface area is 128 Å². The summed E-state index contributed by atoms with van der Waals surface area (Å²) in [5.74, 6) is 0.789. The second-order valence-electron chi connectivity index (χ2n) is 4.38. The van der Waals surface area contributed by atoms with E-state index in [1.807, 2.05) is 6.92 Å². The van der Waals surface area contributed by atoms with Crippen LogP contribution in [0.2, 0.25) is 0 Å². The molecule has 22 heavy (non-hydrogen) atoms. The standard InChI is InChI=1S/C15H17N3O4/c1-10-6-7-16-15(17-10)22-9-14(19)18-12-8-11(20-2)4-5-13(12)21-3/h4-8H,9H2,1-3H3,(H,18,19). The molecule has 1 N–H and O–H groups in total. The highest BCUT2D eigenvalue weighted by Crippen LogP contribution is 2.28. The number of benzene rings is 1. The Hall–Kier alpha value is -2.83. The van der Waals surface area contributed by atoms with Gasteiger partial charge >= 0.3 is 6.01 Å². The molecular formula is C15H17N3O4. The molecule has 2 aromatic rings. The van der Waals surface area contributed by atoms with Crippen LogP contribution < -0.4 is 19.5 Å². The van der Waals surface area contributed by atoms with Crippen LogP contribution in [0, 0.1) is 6.92 Å². The number of hydrogen-bond donors (Lipinski definition) is 1. The third-order valence-electron chi connectivity index (χ3n) is 2.79. The number of aryl methyl sites for hydroxylation is 1. The summed E-state index contributed by atoms with van der Waals surface area (Å²) < 4.78 is 15.6. The highest BCUT2D eigenvalue weighted by atomic mass is 16.5. The molecule has 0 fully saturated rings. The van der Waals surface area contributed by atoms with Gasteiger partial charge in [0, 0.05) is 18.0 Å². The van der Waals surface area contributed by atoms with Crippen LogP contribution in [0.1, 0.15) is 5.69 Å². The van der Waals surface area contributed by atoms with Gasteiger partial charge in [0.2, 0.25) is 0 Å². The van der Waals surface area contributed by atoms with Gasteiger partial charge in [0.25, 0.3) is 5.91 Å². The van der Waals surface area contributed by atoms with E-state index in [-0.39, 0.29) is 18.5 Å². The predicted octanol–water partition coefficient (Wildman–Crippen LogP) is 1.82. The van der Waals surface area contributed by atoms with Gasteiger partial charge in [0.1, 0.15) is 11.5 Å². The molecule has 0 spiro atoms. The van der Waals surface area contributed by atoms with E-state index in [1.165, 1.54) is 7.11 Å². The molecule has 0 aliphatic rings. The number of nitrogens with zero attached hydrogens (tertiary/aromatic N) is 2. The summed E-state index contributed by atoms with van der Waals surface area (Å²) in [5.41, 5.74) is 1.26. The number of amides is 1. The van der Waals surface area contributed by atoms with E-state index in [2.05, 4.69) is 15.3 Å². The lowest BCUT2D eigenvalue weighted by atomic mass is 10.2. The van der Waals surface area contributed by atoms with Gasteiger partial charge in [-0.2, -0.15) is 0 Å². The molecule has 7 nitrogen and oxygen atoms in total. The average Bonchev–Trinajstić information content (AvgIpc) is 2.53. The third-order valence-corrected chi connectivity index (χ3v) is 2.79. The van der Waals surface area contributed by atoms with Crippen LogP contribution in [0.25, 0.3) is 0 Å². The number of hydrogen-bond acceptors (Lipinski definition) is 6. The number of anilines is 1. The summed E-state index contributed by atoms with van der Waals surface area (Å²) in [6, 6.07) is 7.02. The summed E-state index contributed by atoms with van der Waals surface area (Å²) in [7, 11) is 3.07. The number of ether oxygens (including phenoxy) is 3. The van der Waals surface area contributed by atoms with Crippen molar-refractivity contribution in [3.05, 3.63) is 36.2 Å². The maximum Gasteiger partial charge on any atom is 0.317 e. The minimum absolute atomic E-state index is 0.160. The Morgan fingerprint density at radius 1 is 1.23 bits per heavy atom. The van der Waals surface area contributed by atoms with Crippen LogP contribution in [-0.2, 0) is 4.79 Å². The Balaban J connectivity index is 1.99. The third kappa shape index (κ3) is 4.08. The molecular weight excluding hydrogens is 286 g/mol. The van der Waals surface area contributed by atoms with Gasteiger partial charge in [0.15, 0.2) is 6.61 Å². The number of nitrogens with one attached hydrogen (secondary N) is 1. The van der Waals surface area contributed by atoms with Crippen LogP contribution >= 0.6 is 0 Å². The minimum Gasteiger partial charge on any atom is -0.497 e. The van der Waals surface area contributed by atoms with Crippen molar-refractivity contribution >= 4 is 11.6 Å². The number of methoxy groups -OCH3 is 2. The van der Waals surface area contributed by atoms with Crippen molar-refractivity contribution < 1.29 is 19.0 Å². The van der Waals surface area contributed by atoms with Crippen molar-refractivity contribution in [1.29, 1.82) is 0 Å². The van der Waals surface area contributed by atoms with E-state index in [0.29, 0.717) is 17.2 Å². The molecule has 0 radical (unpaired) electrons. The van der Waals surface area contributed by atoms with Gasteiger partial charge in [-0.25, -0.2) is 9.97 Å². The molecule has 0 unspecified atom stereocenters. The molecule has 1 aromatic heterocycles. The fraction of sp³-hybridized carbons (Fsp3) is 0.267. The summed E-state index contributed by atoms with van der Waals surface area (Å²) in [4.78, 5) is 19.9. The Kier molecular flexibility index (Phi) is 5.13. The summed E-state index contributed by atoms with van der Waals surface area (Å²) in [6.45, 7) is 1.61. The summed E-state index contributed by atoms with van der Waals surface area (Å²) >= 11 is 0. The first-order valence-electron chi connectivity index (χ1n) is 6.56. The molecule has 0 saturated heterocycles. The van der Waals surface area contributed by atoms with Crippen molar-refractivity contribution in [2.45, 2.75) is 6.92 Å². The fourth-order valence-corrected chi connectivity index (χ4v) is 1.72. The van der Waals surface area contributed by atoms with Gasteiger partial charge in [0.05, 0.1) is 19.9 Å². The van der Waals surface area contributed by atoms with E-state index < -0.39 is 0 Å². The number of carbonyl (C=O) groups excluding carboxylic acids is 1. The highest BCUT2D eigenvalue weighted by molar-refractivity contribution is 5.93. The largest absolute Gasteiger partial charge is 0.497 e. The zero-order valence-corrected chi connectivity index (χ0v) is 12.6. The molecule has 0 saturated carbocycles. The lowest BCUT2D eigenvalue weighted by Crippen LogP contribution is -2.21. The van der Waals surface area contributed by atoms with Gasteiger partial charge in [-0.05, 0) is 25.1 Å². The average molecular weight is 303 g/mol. The Bertz CT molecular complexity index is 661. The smallest absolute Gasteiger partial charge is 0.317 e. The van der Waals surface area contributed by atoms with Crippen LogP contribution in [0.4, 0.5) is 5.69 Å². The molecule has 1 amide bonds. The monoisotopic (exact) mass is 303 g/mol. The van der Waals surface area contributed by atoms with E-state index in [9.17, 15) is 4.79 Å². The van der Waals surface area contributed by atoms with E-state index >= 15 is 0 Å². The van der Waals surface area contributed by atoms with Crippen molar-refractivity contribution in [1.82, 2.24) is 9.97 Å². The molecule has 2 rings (SSSR count). The summed E-state index contributed by atoms with van der Waals surface area (Å²) in [6.07, 6.45) is 1.57. The van der Waals surface area contributed by atoms with Gasteiger partial charge in [-0.1, -0.05) is 0 Å². The van der Waals surface area contributed by atoms with Crippen molar-refractivity contribution in [2.75, 3.05) is 26.1 Å². The molecule has 1 aromatic carbocycles. The van der Waals surface area contributed by atoms with Gasteiger partial charge in [-0.3, -0.25) is 4.79 Å². The first kappa shape index (κ1) is 15.6. The first-order chi connectivity index (χ1) is 10.6. The quantitative estimate of drug-likeness (QED) is 0.876. The van der Waals surface area contributed by atoms with Crippen LogP contribution in [0.15, 0.2) is 30.5 Å². The van der Waals surface area contributed by atoms with E-state index in [0.717, 1.165) is 5.69 Å². The number of carbonyl (C=O) groups is 1. The Morgan fingerprint density at radius 3 is 2.73 bits per heavy atom. The van der Waals surface area contributed by atoms with Crippen molar-refractivity contribution in [3.63, 3.8) is 0 Å². The van der Waals surface area contributed by atoms with Crippen molar-refractivity contribution in [3.8, 4) is 17.5 Å². The Morgan fingerprint density at radius 2 is 2.05 bits per heavy atom.